The van der Waals surface area contributed by atoms with Crippen LogP contribution in [0.4, 0.5) is 18.9 Å². The van der Waals surface area contributed by atoms with Gasteiger partial charge in [-0.15, -0.1) is 0 Å². The number of nitrogens with zero attached hydrogens (tertiary/aromatic N) is 2. The second-order valence-electron chi connectivity index (χ2n) is 8.89. The smallest absolute Gasteiger partial charge is 0.347 e. The molecule has 2 atom stereocenters. The van der Waals surface area contributed by atoms with E-state index in [1.807, 2.05) is 60.7 Å². The molecule has 39 heavy (non-hydrogen) atoms. The average molecular weight is 530 g/mol. The summed E-state index contributed by atoms with van der Waals surface area (Å²) in [5, 5.41) is 2.84. The molecule has 8 heteroatoms. The van der Waals surface area contributed by atoms with E-state index in [9.17, 15) is 22.8 Å². The summed E-state index contributed by atoms with van der Waals surface area (Å²) in [5.74, 6) is -2.11. The summed E-state index contributed by atoms with van der Waals surface area (Å²) < 4.78 is 41.1. The van der Waals surface area contributed by atoms with Gasteiger partial charge in [-0.3, -0.25) is 19.5 Å². The van der Waals surface area contributed by atoms with Gasteiger partial charge >= 0.3 is 6.18 Å². The highest BCUT2D eigenvalue weighted by atomic mass is 19.4. The van der Waals surface area contributed by atoms with E-state index in [0.29, 0.717) is 0 Å². The maximum Gasteiger partial charge on any atom is 0.421 e. The molecule has 0 aliphatic heterocycles. The number of hydrogen-bond donors (Lipinski definition) is 1. The maximum absolute atomic E-state index is 13.8. The number of amides is 2. The molecule has 5 nitrogen and oxygen atoms in total. The van der Waals surface area contributed by atoms with Gasteiger partial charge in [-0.25, -0.2) is 0 Å². The fraction of sp³-hybridized carbons (Fsp3) is 0.129. The lowest BCUT2D eigenvalue weighted by Crippen LogP contribution is -2.46. The van der Waals surface area contributed by atoms with Gasteiger partial charge in [0.25, 0.3) is 5.91 Å². The zero-order valence-electron chi connectivity index (χ0n) is 21.1. The van der Waals surface area contributed by atoms with Crippen molar-refractivity contribution >= 4 is 17.5 Å². The number of rotatable bonds is 8. The number of hydrogen-bond acceptors (Lipinski definition) is 3. The molecule has 0 aliphatic carbocycles. The first-order valence-corrected chi connectivity index (χ1v) is 12.2. The fourth-order valence-corrected chi connectivity index (χ4v) is 4.17. The van der Waals surface area contributed by atoms with Crippen LogP contribution in [0, 0.1) is 0 Å². The highest BCUT2D eigenvalue weighted by molar-refractivity contribution is 6.10. The third-order valence-electron chi connectivity index (χ3n) is 6.24. The molecule has 1 heterocycles. The van der Waals surface area contributed by atoms with Crippen LogP contribution in [0.5, 0.6) is 0 Å². The van der Waals surface area contributed by atoms with Gasteiger partial charge in [0.05, 0.1) is 6.04 Å². The summed E-state index contributed by atoms with van der Waals surface area (Å²) in [4.78, 5) is 32.1. The van der Waals surface area contributed by atoms with Crippen LogP contribution in [0.25, 0.3) is 11.1 Å². The molecule has 0 spiro atoms. The van der Waals surface area contributed by atoms with Crippen LogP contribution in [-0.4, -0.2) is 23.0 Å². The molecule has 0 saturated heterocycles. The summed E-state index contributed by atoms with van der Waals surface area (Å²) >= 11 is 0. The Hall–Kier alpha value is -4.72. The van der Waals surface area contributed by atoms with E-state index >= 15 is 0 Å². The Kier molecular flexibility index (Phi) is 8.24. The first-order chi connectivity index (χ1) is 18.7. The molecule has 0 radical (unpaired) electrons. The summed E-state index contributed by atoms with van der Waals surface area (Å²) in [7, 11) is 0. The van der Waals surface area contributed by atoms with Gasteiger partial charge in [0, 0.05) is 23.6 Å². The van der Waals surface area contributed by atoms with Gasteiger partial charge in [-0.1, -0.05) is 85.4 Å². The fourth-order valence-electron chi connectivity index (χ4n) is 4.17. The number of aromatic nitrogens is 1. The minimum absolute atomic E-state index is 0.0986. The second-order valence-corrected chi connectivity index (χ2v) is 8.89. The first-order valence-electron chi connectivity index (χ1n) is 12.2. The van der Waals surface area contributed by atoms with Crippen molar-refractivity contribution in [1.82, 2.24) is 10.3 Å². The zero-order valence-corrected chi connectivity index (χ0v) is 21.1. The van der Waals surface area contributed by atoms with Crippen LogP contribution in [0.15, 0.2) is 122 Å². The summed E-state index contributed by atoms with van der Waals surface area (Å²) in [6.07, 6.45) is -2.17. The molecule has 0 bridgehead atoms. The molecule has 4 aromatic rings. The summed E-state index contributed by atoms with van der Waals surface area (Å²) in [6.45, 7) is 4.77. The van der Waals surface area contributed by atoms with Gasteiger partial charge in [-0.2, -0.15) is 13.2 Å². The van der Waals surface area contributed by atoms with E-state index in [2.05, 4.69) is 16.9 Å². The molecule has 0 fully saturated rings. The molecule has 198 valence electrons. The maximum atomic E-state index is 13.8. The van der Waals surface area contributed by atoms with Gasteiger partial charge in [-0.05, 0) is 41.8 Å². The van der Waals surface area contributed by atoms with Crippen LogP contribution >= 0.6 is 0 Å². The van der Waals surface area contributed by atoms with Crippen molar-refractivity contribution in [3.05, 3.63) is 133 Å². The first kappa shape index (κ1) is 27.3. The van der Waals surface area contributed by atoms with Crippen molar-refractivity contribution in [3.63, 3.8) is 0 Å². The van der Waals surface area contributed by atoms with Crippen molar-refractivity contribution in [2.75, 3.05) is 4.90 Å². The third-order valence-corrected chi connectivity index (χ3v) is 6.24. The molecule has 2 amide bonds. The van der Waals surface area contributed by atoms with Crippen molar-refractivity contribution in [2.45, 2.75) is 25.2 Å². The standard InChI is InChI=1S/C31H26F3N3O2/c1-21(31(32,33)34)30(39)37(27-17-15-25(16-18-27)24-12-7-4-8-13-24)28(26-14-9-19-35-20-26)29(38)36-22(2)23-10-5-3-6-11-23/h3-20,22,28H,1H2,2H3,(H,36,38)/t22-,28?/m0/s1. The van der Waals surface area contributed by atoms with Crippen LogP contribution in [0.2, 0.25) is 0 Å². The van der Waals surface area contributed by atoms with E-state index < -0.39 is 35.6 Å². The molecular formula is C31H26F3N3O2. The lowest BCUT2D eigenvalue weighted by atomic mass is 10.0. The Balaban J connectivity index is 1.80. The highest BCUT2D eigenvalue weighted by Gasteiger charge is 2.43. The Morgan fingerprint density at radius 1 is 0.821 bits per heavy atom. The van der Waals surface area contributed by atoms with E-state index in [4.69, 9.17) is 0 Å². The summed E-state index contributed by atoms with van der Waals surface area (Å²) in [6, 6.07) is 26.0. The number of nitrogens with one attached hydrogen (secondary N) is 1. The minimum Gasteiger partial charge on any atom is -0.347 e. The largest absolute Gasteiger partial charge is 0.421 e. The van der Waals surface area contributed by atoms with E-state index in [0.717, 1.165) is 21.6 Å². The highest BCUT2D eigenvalue weighted by Crippen LogP contribution is 2.35. The molecule has 1 unspecified atom stereocenters. The van der Waals surface area contributed by atoms with E-state index in [1.165, 1.54) is 24.5 Å². The SMILES string of the molecule is C=C(C(=O)N(c1ccc(-c2ccccc2)cc1)C(C(=O)N[C@@H](C)c1ccccc1)c1cccnc1)C(F)(F)F. The minimum atomic E-state index is -4.99. The normalized spacial score (nSPS) is 12.7. The topological polar surface area (TPSA) is 62.3 Å². The average Bonchev–Trinajstić information content (AvgIpc) is 2.96. The zero-order chi connectivity index (χ0) is 28.0. The van der Waals surface area contributed by atoms with Crippen LogP contribution in [0.3, 0.4) is 0 Å². The van der Waals surface area contributed by atoms with Gasteiger partial charge in [0.1, 0.15) is 11.6 Å². The van der Waals surface area contributed by atoms with Gasteiger partial charge < -0.3 is 5.32 Å². The van der Waals surface area contributed by atoms with Gasteiger partial charge in [0.15, 0.2) is 0 Å². The lowest BCUT2D eigenvalue weighted by Gasteiger charge is -2.33. The van der Waals surface area contributed by atoms with Crippen molar-refractivity contribution in [3.8, 4) is 11.1 Å². The van der Waals surface area contributed by atoms with Crippen molar-refractivity contribution in [1.29, 1.82) is 0 Å². The predicted molar refractivity (Wildman–Crippen MR) is 145 cm³/mol. The molecular weight excluding hydrogens is 503 g/mol. The van der Waals surface area contributed by atoms with E-state index in [1.54, 1.807) is 31.2 Å². The van der Waals surface area contributed by atoms with Crippen LogP contribution < -0.4 is 10.2 Å². The summed E-state index contributed by atoms with van der Waals surface area (Å²) in [5.41, 5.74) is 1.22. The Morgan fingerprint density at radius 3 is 1.95 bits per heavy atom. The quantitative estimate of drug-likeness (QED) is 0.255. The lowest BCUT2D eigenvalue weighted by molar-refractivity contribution is -0.132. The van der Waals surface area contributed by atoms with Crippen molar-refractivity contribution < 1.29 is 22.8 Å². The number of halogens is 3. The monoisotopic (exact) mass is 529 g/mol. The Bertz CT molecular complexity index is 1430. The second kappa shape index (κ2) is 11.8. The molecule has 0 saturated carbocycles. The number of carbonyl (C=O) groups excluding carboxylic acids is 2. The number of anilines is 1. The molecule has 0 aliphatic rings. The number of alkyl halides is 3. The number of pyridine rings is 1. The third kappa shape index (κ3) is 6.41. The predicted octanol–water partition coefficient (Wildman–Crippen LogP) is 6.82. The molecule has 1 N–H and O–H groups in total. The number of benzene rings is 3. The molecule has 3 aromatic carbocycles. The van der Waals surface area contributed by atoms with E-state index in [-0.39, 0.29) is 11.3 Å². The number of carbonyl (C=O) groups is 2. The molecule has 1 aromatic heterocycles. The Morgan fingerprint density at radius 2 is 1.38 bits per heavy atom. The molecule has 4 rings (SSSR count). The van der Waals surface area contributed by atoms with Gasteiger partial charge in [0.2, 0.25) is 5.91 Å². The Labute approximate surface area is 224 Å². The van der Waals surface area contributed by atoms with Crippen molar-refractivity contribution in [2.24, 2.45) is 0 Å². The van der Waals surface area contributed by atoms with Crippen LogP contribution in [0.1, 0.15) is 30.1 Å². The van der Waals surface area contributed by atoms with Crippen LogP contribution in [-0.2, 0) is 9.59 Å².